The highest BCUT2D eigenvalue weighted by Crippen LogP contribution is 2.25. The van der Waals surface area contributed by atoms with Gasteiger partial charge in [-0.25, -0.2) is 4.98 Å². The molecule has 1 N–H and O–H groups in total. The Hall–Kier alpha value is -2.15. The zero-order valence-electron chi connectivity index (χ0n) is 12.9. The van der Waals surface area contributed by atoms with Crippen molar-refractivity contribution in [2.24, 2.45) is 0 Å². The van der Waals surface area contributed by atoms with Crippen LogP contribution < -0.4 is 10.2 Å². The van der Waals surface area contributed by atoms with Crippen LogP contribution in [0.2, 0.25) is 0 Å². The molecule has 0 unspecified atom stereocenters. The first-order chi connectivity index (χ1) is 11.1. The minimum Gasteiger partial charge on any atom is -0.339 e. The molecule has 0 saturated carbocycles. The van der Waals surface area contributed by atoms with E-state index in [-0.39, 0.29) is 5.91 Å². The van der Waals surface area contributed by atoms with E-state index in [0.29, 0.717) is 19.0 Å². The second-order valence-electron chi connectivity index (χ2n) is 5.34. The van der Waals surface area contributed by atoms with Gasteiger partial charge in [-0.3, -0.25) is 4.79 Å². The molecular formula is C16H18BrN5O. The molecule has 2 heterocycles. The first-order valence-corrected chi connectivity index (χ1v) is 8.28. The predicted molar refractivity (Wildman–Crippen MR) is 93.9 cm³/mol. The highest BCUT2D eigenvalue weighted by molar-refractivity contribution is 9.10. The fourth-order valence-corrected chi connectivity index (χ4v) is 2.88. The van der Waals surface area contributed by atoms with Crippen molar-refractivity contribution in [1.82, 2.24) is 14.9 Å². The Morgan fingerprint density at radius 1 is 1.17 bits per heavy atom. The van der Waals surface area contributed by atoms with Crippen LogP contribution in [-0.4, -0.2) is 47.0 Å². The Kier molecular flexibility index (Phi) is 4.76. The molecule has 120 valence electrons. The van der Waals surface area contributed by atoms with Crippen molar-refractivity contribution in [3.8, 4) is 0 Å². The fourth-order valence-electron chi connectivity index (χ4n) is 2.49. The number of carbonyl (C=O) groups excluding carboxylic acids is 1. The molecule has 1 amide bonds. The highest BCUT2D eigenvalue weighted by atomic mass is 79.9. The molecule has 2 aromatic rings. The van der Waals surface area contributed by atoms with Gasteiger partial charge in [0.15, 0.2) is 0 Å². The van der Waals surface area contributed by atoms with Gasteiger partial charge in [-0.1, -0.05) is 12.1 Å². The van der Waals surface area contributed by atoms with E-state index in [1.54, 1.807) is 13.1 Å². The summed E-state index contributed by atoms with van der Waals surface area (Å²) in [5.74, 6) is 1.55. The maximum absolute atomic E-state index is 11.4. The van der Waals surface area contributed by atoms with Gasteiger partial charge in [0.1, 0.15) is 5.82 Å². The molecule has 1 aromatic carbocycles. The summed E-state index contributed by atoms with van der Waals surface area (Å²) >= 11 is 3.52. The van der Waals surface area contributed by atoms with Gasteiger partial charge in [0.25, 0.3) is 0 Å². The van der Waals surface area contributed by atoms with Crippen molar-refractivity contribution in [3.05, 3.63) is 41.0 Å². The molecule has 23 heavy (non-hydrogen) atoms. The molecule has 0 spiro atoms. The van der Waals surface area contributed by atoms with Crippen LogP contribution in [-0.2, 0) is 4.79 Å². The number of hydrogen-bond acceptors (Lipinski definition) is 5. The number of nitrogens with one attached hydrogen (secondary N) is 1. The lowest BCUT2D eigenvalue weighted by Crippen LogP contribution is -2.48. The lowest BCUT2D eigenvalue weighted by molar-refractivity contribution is -0.129. The minimum absolute atomic E-state index is 0.120. The number of piperazine rings is 1. The van der Waals surface area contributed by atoms with Gasteiger partial charge >= 0.3 is 0 Å². The van der Waals surface area contributed by atoms with Crippen LogP contribution in [0, 0.1) is 0 Å². The first kappa shape index (κ1) is 15.7. The number of para-hydroxylation sites is 1. The van der Waals surface area contributed by atoms with Gasteiger partial charge in [-0.15, -0.1) is 0 Å². The zero-order chi connectivity index (χ0) is 16.2. The molecule has 3 rings (SSSR count). The van der Waals surface area contributed by atoms with E-state index >= 15 is 0 Å². The van der Waals surface area contributed by atoms with Crippen molar-refractivity contribution >= 4 is 39.3 Å². The van der Waals surface area contributed by atoms with E-state index in [1.165, 1.54) is 0 Å². The van der Waals surface area contributed by atoms with Crippen molar-refractivity contribution in [1.29, 1.82) is 0 Å². The van der Waals surface area contributed by atoms with Gasteiger partial charge in [-0.2, -0.15) is 4.98 Å². The van der Waals surface area contributed by atoms with E-state index in [4.69, 9.17) is 0 Å². The Labute approximate surface area is 143 Å². The average molecular weight is 376 g/mol. The topological polar surface area (TPSA) is 61.4 Å². The molecule has 0 atom stereocenters. The Bertz CT molecular complexity index is 700. The number of halogens is 1. The zero-order valence-corrected chi connectivity index (χ0v) is 14.5. The van der Waals surface area contributed by atoms with Crippen LogP contribution in [0.3, 0.4) is 0 Å². The third kappa shape index (κ3) is 3.79. The number of benzene rings is 1. The number of hydrogen-bond donors (Lipinski definition) is 1. The van der Waals surface area contributed by atoms with Gasteiger partial charge in [0, 0.05) is 43.8 Å². The molecule has 1 fully saturated rings. The van der Waals surface area contributed by atoms with E-state index in [1.807, 2.05) is 35.2 Å². The van der Waals surface area contributed by atoms with E-state index in [9.17, 15) is 4.79 Å². The summed E-state index contributed by atoms with van der Waals surface area (Å²) in [5.41, 5.74) is 0.957. The second kappa shape index (κ2) is 6.95. The maximum atomic E-state index is 11.4. The Balaban J connectivity index is 1.71. The monoisotopic (exact) mass is 375 g/mol. The van der Waals surface area contributed by atoms with E-state index in [2.05, 4.69) is 36.1 Å². The summed E-state index contributed by atoms with van der Waals surface area (Å²) in [4.78, 5) is 24.3. The summed E-state index contributed by atoms with van der Waals surface area (Å²) in [5, 5.41) is 3.29. The average Bonchev–Trinajstić information content (AvgIpc) is 2.57. The first-order valence-electron chi connectivity index (χ1n) is 7.48. The quantitative estimate of drug-likeness (QED) is 0.893. The molecule has 7 heteroatoms. The molecule has 1 aliphatic rings. The molecule has 0 bridgehead atoms. The van der Waals surface area contributed by atoms with Crippen LogP contribution in [0.5, 0.6) is 0 Å². The second-order valence-corrected chi connectivity index (χ2v) is 6.19. The molecule has 6 nitrogen and oxygen atoms in total. The summed E-state index contributed by atoms with van der Waals surface area (Å²) in [6, 6.07) is 9.74. The van der Waals surface area contributed by atoms with Crippen LogP contribution in [0.25, 0.3) is 0 Å². The number of rotatable bonds is 3. The van der Waals surface area contributed by atoms with Gasteiger partial charge in [0.2, 0.25) is 11.9 Å². The minimum atomic E-state index is 0.120. The number of amides is 1. The summed E-state index contributed by atoms with van der Waals surface area (Å²) < 4.78 is 0.982. The molecule has 0 aliphatic carbocycles. The summed E-state index contributed by atoms with van der Waals surface area (Å²) in [7, 11) is 0. The third-order valence-electron chi connectivity index (χ3n) is 3.79. The molecular weight excluding hydrogens is 358 g/mol. The van der Waals surface area contributed by atoms with E-state index in [0.717, 1.165) is 29.1 Å². The van der Waals surface area contributed by atoms with Crippen molar-refractivity contribution < 1.29 is 4.79 Å². The SMILES string of the molecule is CC(=O)N1CCN(c2nccc(Nc3ccccc3Br)n2)CC1. The number of carbonyl (C=O) groups is 1. The van der Waals surface area contributed by atoms with Crippen molar-refractivity contribution in [2.45, 2.75) is 6.92 Å². The van der Waals surface area contributed by atoms with Gasteiger partial charge in [0.05, 0.1) is 5.69 Å². The summed E-state index contributed by atoms with van der Waals surface area (Å²) in [6.07, 6.45) is 1.75. The van der Waals surface area contributed by atoms with Crippen molar-refractivity contribution in [3.63, 3.8) is 0 Å². The standard InChI is InChI=1S/C16H18BrN5O/c1-12(23)21-8-10-22(11-9-21)16-18-7-6-15(20-16)19-14-5-3-2-4-13(14)17/h2-7H,8-11H2,1H3,(H,18,19,20). The number of aromatic nitrogens is 2. The highest BCUT2D eigenvalue weighted by Gasteiger charge is 2.20. The van der Waals surface area contributed by atoms with Gasteiger partial charge < -0.3 is 15.1 Å². The maximum Gasteiger partial charge on any atom is 0.227 e. The molecule has 1 saturated heterocycles. The normalized spacial score (nSPS) is 14.7. The predicted octanol–water partition coefficient (Wildman–Crippen LogP) is 2.65. The number of nitrogens with zero attached hydrogens (tertiary/aromatic N) is 4. The van der Waals surface area contributed by atoms with Gasteiger partial charge in [-0.05, 0) is 34.1 Å². The number of anilines is 3. The van der Waals surface area contributed by atoms with E-state index < -0.39 is 0 Å². The van der Waals surface area contributed by atoms with Crippen LogP contribution >= 0.6 is 15.9 Å². The third-order valence-corrected chi connectivity index (χ3v) is 4.48. The summed E-state index contributed by atoms with van der Waals surface area (Å²) in [6.45, 7) is 4.52. The van der Waals surface area contributed by atoms with Crippen LogP contribution in [0.4, 0.5) is 17.5 Å². The lowest BCUT2D eigenvalue weighted by atomic mass is 10.3. The largest absolute Gasteiger partial charge is 0.339 e. The lowest BCUT2D eigenvalue weighted by Gasteiger charge is -2.34. The molecule has 0 radical (unpaired) electrons. The van der Waals surface area contributed by atoms with Crippen LogP contribution in [0.15, 0.2) is 41.0 Å². The fraction of sp³-hybridized carbons (Fsp3) is 0.312. The molecule has 1 aromatic heterocycles. The molecule has 1 aliphatic heterocycles. The Morgan fingerprint density at radius 2 is 1.91 bits per heavy atom. The van der Waals surface area contributed by atoms with Crippen molar-refractivity contribution in [2.75, 3.05) is 36.4 Å². The Morgan fingerprint density at radius 3 is 2.61 bits per heavy atom. The van der Waals surface area contributed by atoms with Crippen LogP contribution in [0.1, 0.15) is 6.92 Å². The smallest absolute Gasteiger partial charge is 0.227 e.